The summed E-state index contributed by atoms with van der Waals surface area (Å²) < 4.78 is 43.1. The first-order chi connectivity index (χ1) is 21.7. The quantitative estimate of drug-likeness (QED) is 0.169. The van der Waals surface area contributed by atoms with Crippen LogP contribution in [0.3, 0.4) is 0 Å². The van der Waals surface area contributed by atoms with Crippen molar-refractivity contribution in [3.05, 3.63) is 80.6 Å². The number of aromatic nitrogens is 1. The number of anilines is 2. The summed E-state index contributed by atoms with van der Waals surface area (Å²) in [4.78, 5) is 30.4. The molecule has 46 heavy (non-hydrogen) atoms. The van der Waals surface area contributed by atoms with Crippen LogP contribution in [0, 0.1) is 23.2 Å². The highest BCUT2D eigenvalue weighted by Gasteiger charge is 2.35. The Hall–Kier alpha value is -3.94. The number of benzene rings is 2. The Morgan fingerprint density at radius 3 is 2.48 bits per heavy atom. The van der Waals surface area contributed by atoms with Gasteiger partial charge in [0.05, 0.1) is 33.5 Å². The summed E-state index contributed by atoms with van der Waals surface area (Å²) in [7, 11) is 0. The minimum absolute atomic E-state index is 0.0267. The van der Waals surface area contributed by atoms with Gasteiger partial charge in [0.2, 0.25) is 5.91 Å². The number of nitrogen functional groups attached to an aromatic ring is 1. The van der Waals surface area contributed by atoms with Gasteiger partial charge in [0.1, 0.15) is 11.6 Å². The maximum absolute atomic E-state index is 14.5. The summed E-state index contributed by atoms with van der Waals surface area (Å²) in [5.41, 5.74) is 5.46. The Kier molecular flexibility index (Phi) is 9.22. The standard InChI is InChI=1S/C34H34Cl2F3N5O2/c1-5-30(45)42-10-11-43(19(4)17-42)32-24-14-26(35)22(23-12-20(34(37,38)39)13-27(36)31(23)41)15-29(24)44(33(46)25(32)16-40)28-9-7-6-8-21(28)18(2)3/h5,7,9,12-15,18-19,21,28H,1,6,8,10-11,17,41H2,2-4H3/t19-,21?,28?/m0/s1. The van der Waals surface area contributed by atoms with Crippen LogP contribution in [0.25, 0.3) is 22.0 Å². The minimum Gasteiger partial charge on any atom is -0.397 e. The summed E-state index contributed by atoms with van der Waals surface area (Å²) in [6.07, 6.45) is 2.15. The number of rotatable bonds is 5. The zero-order valence-electron chi connectivity index (χ0n) is 25.7. The molecule has 2 N–H and O–H groups in total. The Morgan fingerprint density at radius 2 is 1.87 bits per heavy atom. The fourth-order valence-electron chi connectivity index (χ4n) is 6.78. The van der Waals surface area contributed by atoms with E-state index in [0.29, 0.717) is 36.2 Å². The maximum Gasteiger partial charge on any atom is 0.416 e. The van der Waals surface area contributed by atoms with Gasteiger partial charge in [-0.25, -0.2) is 0 Å². The van der Waals surface area contributed by atoms with Crippen LogP contribution in [0.2, 0.25) is 10.0 Å². The van der Waals surface area contributed by atoms with Crippen molar-refractivity contribution in [3.8, 4) is 17.2 Å². The number of carbonyl (C=O) groups excluding carboxylic acids is 1. The zero-order chi connectivity index (χ0) is 33.7. The van der Waals surface area contributed by atoms with Crippen LogP contribution in [-0.4, -0.2) is 41.1 Å². The fourth-order valence-corrected chi connectivity index (χ4v) is 7.27. The second kappa shape index (κ2) is 12.7. The monoisotopic (exact) mass is 671 g/mol. The lowest BCUT2D eigenvalue weighted by Crippen LogP contribution is -2.54. The maximum atomic E-state index is 14.5. The van der Waals surface area contributed by atoms with Crippen molar-refractivity contribution in [1.82, 2.24) is 9.47 Å². The molecule has 1 amide bonds. The van der Waals surface area contributed by atoms with Gasteiger partial charge in [-0.3, -0.25) is 14.2 Å². The number of pyridine rings is 1. The van der Waals surface area contributed by atoms with Crippen LogP contribution in [0.5, 0.6) is 0 Å². The molecule has 0 bridgehead atoms. The largest absolute Gasteiger partial charge is 0.416 e. The summed E-state index contributed by atoms with van der Waals surface area (Å²) in [5.74, 6) is 0.00583. The van der Waals surface area contributed by atoms with E-state index < -0.39 is 23.3 Å². The van der Waals surface area contributed by atoms with E-state index in [2.05, 4.69) is 26.5 Å². The zero-order valence-corrected chi connectivity index (χ0v) is 27.2. The van der Waals surface area contributed by atoms with Crippen molar-refractivity contribution in [2.45, 2.75) is 51.9 Å². The molecular weight excluding hydrogens is 638 g/mol. The third-order valence-electron chi connectivity index (χ3n) is 9.12. The first kappa shape index (κ1) is 33.4. The van der Waals surface area contributed by atoms with Gasteiger partial charge in [0, 0.05) is 47.2 Å². The molecule has 0 spiro atoms. The summed E-state index contributed by atoms with van der Waals surface area (Å²) >= 11 is 13.1. The van der Waals surface area contributed by atoms with E-state index in [4.69, 9.17) is 28.9 Å². The normalized spacial score (nSPS) is 20.3. The number of nitriles is 1. The molecule has 2 unspecified atom stereocenters. The molecule has 2 aromatic carbocycles. The number of halogens is 5. The summed E-state index contributed by atoms with van der Waals surface area (Å²) in [5, 5.41) is 10.7. The Balaban J connectivity index is 1.86. The number of amides is 1. The number of nitrogens with two attached hydrogens (primary N) is 1. The molecule has 0 saturated carbocycles. The van der Waals surface area contributed by atoms with Gasteiger partial charge < -0.3 is 15.5 Å². The second-order valence-electron chi connectivity index (χ2n) is 12.2. The second-order valence-corrected chi connectivity index (χ2v) is 13.0. The average Bonchev–Trinajstić information content (AvgIpc) is 3.01. The van der Waals surface area contributed by atoms with Gasteiger partial charge in [0.25, 0.3) is 5.56 Å². The van der Waals surface area contributed by atoms with Gasteiger partial charge >= 0.3 is 6.18 Å². The molecule has 1 saturated heterocycles. The van der Waals surface area contributed by atoms with Crippen molar-refractivity contribution >= 4 is 51.4 Å². The molecule has 5 rings (SSSR count). The van der Waals surface area contributed by atoms with Crippen LogP contribution >= 0.6 is 23.2 Å². The van der Waals surface area contributed by atoms with Gasteiger partial charge in [-0.15, -0.1) is 0 Å². The smallest absolute Gasteiger partial charge is 0.397 e. The van der Waals surface area contributed by atoms with Gasteiger partial charge in [-0.2, -0.15) is 18.4 Å². The van der Waals surface area contributed by atoms with Crippen molar-refractivity contribution < 1.29 is 18.0 Å². The van der Waals surface area contributed by atoms with E-state index in [1.165, 1.54) is 6.08 Å². The fraction of sp³-hybridized carbons (Fsp3) is 0.382. The van der Waals surface area contributed by atoms with Crippen LogP contribution in [0.4, 0.5) is 24.5 Å². The van der Waals surface area contributed by atoms with Crippen LogP contribution in [0.15, 0.2) is 53.9 Å². The highest BCUT2D eigenvalue weighted by molar-refractivity contribution is 6.36. The lowest BCUT2D eigenvalue weighted by molar-refractivity contribution is -0.137. The SMILES string of the molecule is C=CC(=O)N1CCN(c2c(C#N)c(=O)n(C3C=CCCC3C(C)C)c3cc(-c4cc(C(F)(F)F)cc(Cl)c4N)c(Cl)cc23)[C@@H](C)C1. The van der Waals surface area contributed by atoms with Crippen molar-refractivity contribution in [1.29, 1.82) is 5.26 Å². The highest BCUT2D eigenvalue weighted by Crippen LogP contribution is 2.45. The number of fused-ring (bicyclic) bond motifs is 1. The number of piperazine rings is 1. The van der Waals surface area contributed by atoms with Gasteiger partial charge in [0.15, 0.2) is 0 Å². The number of hydrogen-bond acceptors (Lipinski definition) is 5. The molecule has 12 heteroatoms. The van der Waals surface area contributed by atoms with E-state index in [0.717, 1.165) is 25.0 Å². The number of nitrogens with zero attached hydrogens (tertiary/aromatic N) is 4. The Morgan fingerprint density at radius 1 is 1.15 bits per heavy atom. The van der Waals surface area contributed by atoms with Crippen molar-refractivity contribution in [3.63, 3.8) is 0 Å². The number of carbonyl (C=O) groups is 1. The van der Waals surface area contributed by atoms with E-state index >= 15 is 0 Å². The molecule has 7 nitrogen and oxygen atoms in total. The molecule has 3 atom stereocenters. The highest BCUT2D eigenvalue weighted by atomic mass is 35.5. The molecule has 242 valence electrons. The topological polar surface area (TPSA) is 95.4 Å². The predicted octanol–water partition coefficient (Wildman–Crippen LogP) is 7.83. The van der Waals surface area contributed by atoms with E-state index in [-0.39, 0.29) is 56.2 Å². The summed E-state index contributed by atoms with van der Waals surface area (Å²) in [6.45, 7) is 10.6. The third-order valence-corrected chi connectivity index (χ3v) is 9.75. The van der Waals surface area contributed by atoms with Crippen molar-refractivity contribution in [2.24, 2.45) is 11.8 Å². The van der Waals surface area contributed by atoms with Gasteiger partial charge in [-0.1, -0.05) is 55.8 Å². The van der Waals surface area contributed by atoms with Crippen molar-refractivity contribution in [2.75, 3.05) is 30.3 Å². The predicted molar refractivity (Wildman–Crippen MR) is 177 cm³/mol. The Bertz CT molecular complexity index is 1860. The van der Waals surface area contributed by atoms with Gasteiger partial charge in [-0.05, 0) is 61.9 Å². The first-order valence-electron chi connectivity index (χ1n) is 15.0. The lowest BCUT2D eigenvalue weighted by atomic mass is 9.81. The van der Waals surface area contributed by atoms with Crippen LogP contribution in [0.1, 0.15) is 50.8 Å². The van der Waals surface area contributed by atoms with E-state index in [1.54, 1.807) is 21.6 Å². The summed E-state index contributed by atoms with van der Waals surface area (Å²) in [6, 6.07) is 6.25. The molecule has 1 aromatic heterocycles. The third kappa shape index (κ3) is 5.87. The first-order valence-corrected chi connectivity index (χ1v) is 15.8. The molecule has 1 aliphatic heterocycles. The molecule has 2 heterocycles. The van der Waals surface area contributed by atoms with E-state index in [1.807, 2.05) is 24.0 Å². The number of allylic oxidation sites excluding steroid dienone is 2. The molecule has 2 aliphatic rings. The molecule has 1 fully saturated rings. The number of hydrogen-bond donors (Lipinski definition) is 1. The molecule has 3 aromatic rings. The lowest BCUT2D eigenvalue weighted by Gasteiger charge is -2.42. The van der Waals surface area contributed by atoms with Crippen LogP contribution < -0.4 is 16.2 Å². The molecule has 1 aliphatic carbocycles. The molecule has 0 radical (unpaired) electrons. The number of alkyl halides is 3. The average molecular weight is 673 g/mol. The molecular formula is C34H34Cl2F3N5O2. The minimum atomic E-state index is -4.70. The van der Waals surface area contributed by atoms with E-state index in [9.17, 15) is 28.0 Å². The van der Waals surface area contributed by atoms with Crippen LogP contribution in [-0.2, 0) is 11.0 Å². The Labute approximate surface area is 275 Å².